The molecule has 5 heteroatoms. The number of alkyl halides is 2. The van der Waals surface area contributed by atoms with Gasteiger partial charge in [0.1, 0.15) is 5.01 Å². The molecule has 1 unspecified atom stereocenters. The summed E-state index contributed by atoms with van der Waals surface area (Å²) in [6.07, 6.45) is -4.55. The van der Waals surface area contributed by atoms with Crippen LogP contribution in [-0.4, -0.2) is 16.5 Å². The van der Waals surface area contributed by atoms with Crippen molar-refractivity contribution in [2.45, 2.75) is 12.5 Å². The van der Waals surface area contributed by atoms with E-state index >= 15 is 0 Å². The molecule has 0 spiro atoms. The highest BCUT2D eigenvalue weighted by Gasteiger charge is 2.22. The van der Waals surface area contributed by atoms with Crippen LogP contribution in [0.25, 0.3) is 10.2 Å². The largest absolute Gasteiger partial charge is 0.380 e. The second-order valence-electron chi connectivity index (χ2n) is 2.80. The number of rotatable bonds is 2. The summed E-state index contributed by atoms with van der Waals surface area (Å²) < 4.78 is 25.1. The van der Waals surface area contributed by atoms with Crippen molar-refractivity contribution in [1.82, 2.24) is 4.98 Å². The van der Waals surface area contributed by atoms with Crippen molar-refractivity contribution in [3.8, 4) is 0 Å². The van der Waals surface area contributed by atoms with Crippen LogP contribution in [0.1, 0.15) is 11.1 Å². The average molecular weight is 215 g/mol. The van der Waals surface area contributed by atoms with Crippen LogP contribution in [0.4, 0.5) is 8.78 Å². The Bertz CT molecular complexity index is 410. The van der Waals surface area contributed by atoms with E-state index < -0.39 is 12.5 Å². The number of hydrogen-bond donors (Lipinski definition) is 1. The topological polar surface area (TPSA) is 33.1 Å². The Labute approximate surface area is 82.8 Å². The molecule has 0 aliphatic heterocycles. The van der Waals surface area contributed by atoms with E-state index in [1.54, 1.807) is 24.3 Å². The van der Waals surface area contributed by atoms with Gasteiger partial charge in [0.25, 0.3) is 6.43 Å². The molecule has 74 valence electrons. The van der Waals surface area contributed by atoms with Gasteiger partial charge in [-0.15, -0.1) is 11.3 Å². The van der Waals surface area contributed by atoms with E-state index in [4.69, 9.17) is 5.11 Å². The van der Waals surface area contributed by atoms with Crippen molar-refractivity contribution in [3.05, 3.63) is 29.3 Å². The molecule has 1 heterocycles. The van der Waals surface area contributed by atoms with Gasteiger partial charge in [-0.25, -0.2) is 13.8 Å². The molecule has 0 aliphatic carbocycles. The molecule has 0 fully saturated rings. The van der Waals surface area contributed by atoms with Crippen LogP contribution >= 0.6 is 11.3 Å². The van der Waals surface area contributed by atoms with Gasteiger partial charge in [0.15, 0.2) is 6.10 Å². The molecular weight excluding hydrogens is 208 g/mol. The van der Waals surface area contributed by atoms with Gasteiger partial charge in [-0.05, 0) is 12.1 Å². The van der Waals surface area contributed by atoms with Crippen LogP contribution in [0.2, 0.25) is 0 Å². The number of aromatic nitrogens is 1. The van der Waals surface area contributed by atoms with E-state index in [1.165, 1.54) is 0 Å². The quantitative estimate of drug-likeness (QED) is 0.835. The van der Waals surface area contributed by atoms with E-state index in [2.05, 4.69) is 4.98 Å². The number of aliphatic hydroxyl groups excluding tert-OH is 1. The van der Waals surface area contributed by atoms with Crippen LogP contribution in [-0.2, 0) is 0 Å². The molecule has 0 bridgehead atoms. The van der Waals surface area contributed by atoms with Crippen molar-refractivity contribution in [1.29, 1.82) is 0 Å². The van der Waals surface area contributed by atoms with E-state index in [-0.39, 0.29) is 5.01 Å². The summed E-state index contributed by atoms with van der Waals surface area (Å²) in [4.78, 5) is 3.92. The number of hydrogen-bond acceptors (Lipinski definition) is 3. The number of nitrogens with zero attached hydrogens (tertiary/aromatic N) is 1. The second kappa shape index (κ2) is 3.59. The standard InChI is InChI=1S/C9H7F2NOS/c10-8(11)7(13)9-12-5-3-1-2-4-6(5)14-9/h1-4,7-8,13H. The molecule has 1 atom stereocenters. The van der Waals surface area contributed by atoms with Gasteiger partial charge in [0, 0.05) is 0 Å². The molecule has 0 aliphatic rings. The predicted molar refractivity (Wildman–Crippen MR) is 50.6 cm³/mol. The molecule has 0 saturated heterocycles. The Morgan fingerprint density at radius 1 is 1.29 bits per heavy atom. The highest BCUT2D eigenvalue weighted by Crippen LogP contribution is 2.29. The fourth-order valence-electron chi connectivity index (χ4n) is 1.12. The lowest BCUT2D eigenvalue weighted by Gasteiger charge is -2.03. The highest BCUT2D eigenvalue weighted by atomic mass is 32.1. The number of para-hydroxylation sites is 1. The maximum Gasteiger partial charge on any atom is 0.270 e. The number of fused-ring (bicyclic) bond motifs is 1. The minimum absolute atomic E-state index is 0.0706. The Morgan fingerprint density at radius 3 is 2.64 bits per heavy atom. The first-order valence-electron chi connectivity index (χ1n) is 4.00. The molecular formula is C9H7F2NOS. The lowest BCUT2D eigenvalue weighted by Crippen LogP contribution is -2.06. The van der Waals surface area contributed by atoms with Crippen molar-refractivity contribution in [2.24, 2.45) is 0 Å². The highest BCUT2D eigenvalue weighted by molar-refractivity contribution is 7.18. The third-order valence-corrected chi connectivity index (χ3v) is 2.91. The van der Waals surface area contributed by atoms with Crippen LogP contribution in [0.5, 0.6) is 0 Å². The normalized spacial score (nSPS) is 13.7. The monoisotopic (exact) mass is 215 g/mol. The summed E-state index contributed by atoms with van der Waals surface area (Å²) in [7, 11) is 0. The lowest BCUT2D eigenvalue weighted by atomic mass is 10.3. The van der Waals surface area contributed by atoms with Crippen molar-refractivity contribution in [3.63, 3.8) is 0 Å². The summed E-state index contributed by atoms with van der Waals surface area (Å²) in [5.74, 6) is 0. The van der Waals surface area contributed by atoms with Crippen LogP contribution < -0.4 is 0 Å². The summed E-state index contributed by atoms with van der Waals surface area (Å²) in [6, 6.07) is 7.10. The second-order valence-corrected chi connectivity index (χ2v) is 3.86. The van der Waals surface area contributed by atoms with Crippen LogP contribution in [0, 0.1) is 0 Å². The third kappa shape index (κ3) is 1.60. The molecule has 2 nitrogen and oxygen atoms in total. The molecule has 0 amide bonds. The summed E-state index contributed by atoms with van der Waals surface area (Å²) in [5.41, 5.74) is 0.646. The fourth-order valence-corrected chi connectivity index (χ4v) is 2.08. The minimum atomic E-state index is -2.78. The van der Waals surface area contributed by atoms with E-state index in [0.717, 1.165) is 16.0 Å². The molecule has 2 rings (SSSR count). The molecule has 1 aromatic heterocycles. The zero-order valence-corrected chi connectivity index (χ0v) is 7.84. The van der Waals surface area contributed by atoms with Gasteiger partial charge in [-0.3, -0.25) is 0 Å². The first-order valence-corrected chi connectivity index (χ1v) is 4.82. The van der Waals surface area contributed by atoms with Gasteiger partial charge < -0.3 is 5.11 Å². The fraction of sp³-hybridized carbons (Fsp3) is 0.222. The predicted octanol–water partition coefficient (Wildman–Crippen LogP) is 2.59. The van der Waals surface area contributed by atoms with Crippen LogP contribution in [0.3, 0.4) is 0 Å². The zero-order valence-electron chi connectivity index (χ0n) is 7.02. The van der Waals surface area contributed by atoms with Gasteiger partial charge in [0.2, 0.25) is 0 Å². The number of halogens is 2. The smallest absolute Gasteiger partial charge is 0.270 e. The SMILES string of the molecule is OC(c1nc2ccccc2s1)C(F)F. The van der Waals surface area contributed by atoms with Crippen molar-refractivity contribution in [2.75, 3.05) is 0 Å². The number of thiazole rings is 1. The van der Waals surface area contributed by atoms with E-state index in [1.807, 2.05) is 0 Å². The maximum atomic E-state index is 12.2. The Morgan fingerprint density at radius 2 is 2.00 bits per heavy atom. The van der Waals surface area contributed by atoms with E-state index in [0.29, 0.717) is 5.52 Å². The summed E-state index contributed by atoms with van der Waals surface area (Å²) >= 11 is 1.09. The van der Waals surface area contributed by atoms with Gasteiger partial charge in [-0.1, -0.05) is 12.1 Å². The van der Waals surface area contributed by atoms with E-state index in [9.17, 15) is 8.78 Å². The van der Waals surface area contributed by atoms with Crippen LogP contribution in [0.15, 0.2) is 24.3 Å². The number of aliphatic hydroxyl groups is 1. The molecule has 14 heavy (non-hydrogen) atoms. The van der Waals surface area contributed by atoms with Crippen molar-refractivity contribution >= 4 is 21.6 Å². The first kappa shape index (κ1) is 9.48. The van der Waals surface area contributed by atoms with Crippen molar-refractivity contribution < 1.29 is 13.9 Å². The maximum absolute atomic E-state index is 12.2. The number of benzene rings is 1. The molecule has 1 N–H and O–H groups in total. The first-order chi connectivity index (χ1) is 6.68. The molecule has 1 aromatic carbocycles. The third-order valence-electron chi connectivity index (χ3n) is 1.80. The zero-order chi connectivity index (χ0) is 10.1. The minimum Gasteiger partial charge on any atom is -0.380 e. The Balaban J connectivity index is 2.45. The Hall–Kier alpha value is -1.07. The Kier molecular flexibility index (Phi) is 2.43. The lowest BCUT2D eigenvalue weighted by molar-refractivity contribution is -0.00577. The average Bonchev–Trinajstić information content (AvgIpc) is 2.59. The van der Waals surface area contributed by atoms with Gasteiger partial charge >= 0.3 is 0 Å². The van der Waals surface area contributed by atoms with Gasteiger partial charge in [0.05, 0.1) is 10.2 Å². The molecule has 0 radical (unpaired) electrons. The summed E-state index contributed by atoms with van der Waals surface area (Å²) in [5, 5.41) is 9.17. The summed E-state index contributed by atoms with van der Waals surface area (Å²) in [6.45, 7) is 0. The van der Waals surface area contributed by atoms with Gasteiger partial charge in [-0.2, -0.15) is 0 Å². The molecule has 0 saturated carbocycles. The molecule has 2 aromatic rings.